The Bertz CT molecular complexity index is 580. The van der Waals surface area contributed by atoms with Crippen LogP contribution in [0, 0.1) is 0 Å². The van der Waals surface area contributed by atoms with Gasteiger partial charge in [-0.15, -0.1) is 0 Å². The summed E-state index contributed by atoms with van der Waals surface area (Å²) in [4.78, 5) is 18.5. The number of anilines is 1. The number of methoxy groups -OCH3 is 2. The van der Waals surface area contributed by atoms with Crippen LogP contribution >= 0.6 is 0 Å². The van der Waals surface area contributed by atoms with Crippen molar-refractivity contribution in [3.63, 3.8) is 0 Å². The van der Waals surface area contributed by atoms with Gasteiger partial charge in [0.15, 0.2) is 0 Å². The first-order chi connectivity index (χ1) is 13.1. The second-order valence-electron chi connectivity index (χ2n) is 7.32. The van der Waals surface area contributed by atoms with Crippen molar-refractivity contribution in [2.24, 2.45) is 0 Å². The number of nitrogens with one attached hydrogen (secondary N) is 1. The molecular weight excluding hydrogens is 342 g/mol. The molecule has 1 aromatic heterocycles. The van der Waals surface area contributed by atoms with Crippen LogP contribution in [0.15, 0.2) is 12.1 Å². The summed E-state index contributed by atoms with van der Waals surface area (Å²) in [6, 6.07) is 4.40. The van der Waals surface area contributed by atoms with E-state index in [0.717, 1.165) is 64.1 Å². The monoisotopic (exact) mass is 377 g/mol. The topological polar surface area (TPSA) is 63.7 Å². The summed E-state index contributed by atoms with van der Waals surface area (Å²) in [7, 11) is 3.18. The lowest BCUT2D eigenvalue weighted by Crippen LogP contribution is -2.34. The second-order valence-corrected chi connectivity index (χ2v) is 7.32. The Labute approximate surface area is 163 Å². The van der Waals surface area contributed by atoms with Crippen LogP contribution < -0.4 is 5.32 Å². The minimum absolute atomic E-state index is 0.137. The molecule has 6 heteroatoms. The number of fused-ring (bicyclic) bond motifs is 1. The maximum atomic E-state index is 11.3. The Hall–Kier alpha value is -1.66. The number of aryl methyl sites for hydroxylation is 2. The van der Waals surface area contributed by atoms with E-state index in [0.29, 0.717) is 6.42 Å². The lowest BCUT2D eigenvalue weighted by Gasteiger charge is -2.25. The van der Waals surface area contributed by atoms with Crippen molar-refractivity contribution >= 4 is 11.8 Å². The predicted octanol–water partition coefficient (Wildman–Crippen LogP) is 3.05. The summed E-state index contributed by atoms with van der Waals surface area (Å²) in [5, 5.41) is 3.41. The highest BCUT2D eigenvalue weighted by Gasteiger charge is 2.12. The van der Waals surface area contributed by atoms with Gasteiger partial charge in [-0.3, -0.25) is 4.79 Å². The van der Waals surface area contributed by atoms with E-state index in [1.165, 1.54) is 24.8 Å². The van der Waals surface area contributed by atoms with Gasteiger partial charge >= 0.3 is 5.97 Å². The zero-order valence-corrected chi connectivity index (χ0v) is 17.1. The average molecular weight is 378 g/mol. The zero-order chi connectivity index (χ0) is 19.5. The van der Waals surface area contributed by atoms with Gasteiger partial charge < -0.3 is 19.7 Å². The highest BCUT2D eigenvalue weighted by molar-refractivity contribution is 5.69. The van der Waals surface area contributed by atoms with E-state index >= 15 is 0 Å². The van der Waals surface area contributed by atoms with Crippen LogP contribution in [0.3, 0.4) is 0 Å². The molecule has 2 heterocycles. The number of pyridine rings is 1. The molecule has 6 nitrogen and oxygen atoms in total. The average Bonchev–Trinajstić information content (AvgIpc) is 2.70. The fourth-order valence-corrected chi connectivity index (χ4v) is 3.43. The molecule has 0 bridgehead atoms. The molecule has 27 heavy (non-hydrogen) atoms. The van der Waals surface area contributed by atoms with E-state index in [1.54, 1.807) is 7.11 Å². The third-order valence-corrected chi connectivity index (χ3v) is 5.11. The molecule has 0 fully saturated rings. The number of rotatable bonds is 12. The van der Waals surface area contributed by atoms with Gasteiger partial charge in [0, 0.05) is 32.3 Å². The van der Waals surface area contributed by atoms with Crippen LogP contribution in [0.2, 0.25) is 0 Å². The molecule has 1 atom stereocenters. The zero-order valence-electron chi connectivity index (χ0n) is 17.1. The minimum Gasteiger partial charge on any atom is -0.469 e. The van der Waals surface area contributed by atoms with Crippen LogP contribution in [0.1, 0.15) is 50.3 Å². The SMILES string of the molecule is COC(=O)CCCN(CCCCc1ccc2c(n1)NCCC2)C[C@@H](C)OC. The molecule has 1 aromatic rings. The Morgan fingerprint density at radius 1 is 1.26 bits per heavy atom. The van der Waals surface area contributed by atoms with Crippen molar-refractivity contribution in [2.75, 3.05) is 45.7 Å². The number of aromatic nitrogens is 1. The summed E-state index contributed by atoms with van der Waals surface area (Å²) < 4.78 is 10.1. The molecule has 0 saturated carbocycles. The molecule has 0 spiro atoms. The number of carbonyl (C=O) groups is 1. The first-order valence-electron chi connectivity index (χ1n) is 10.2. The number of carbonyl (C=O) groups excluding carboxylic acids is 1. The number of hydrogen-bond donors (Lipinski definition) is 1. The molecule has 0 amide bonds. The Balaban J connectivity index is 1.73. The molecular formula is C21H35N3O3. The van der Waals surface area contributed by atoms with Gasteiger partial charge in [-0.25, -0.2) is 4.98 Å². The molecule has 0 unspecified atom stereocenters. The molecule has 0 radical (unpaired) electrons. The summed E-state index contributed by atoms with van der Waals surface area (Å²) in [5.41, 5.74) is 2.51. The van der Waals surface area contributed by atoms with Crippen LogP contribution in [0.4, 0.5) is 5.82 Å². The maximum Gasteiger partial charge on any atom is 0.305 e. The highest BCUT2D eigenvalue weighted by atomic mass is 16.5. The summed E-state index contributed by atoms with van der Waals surface area (Å²) >= 11 is 0. The van der Waals surface area contributed by atoms with Gasteiger partial charge in [0.25, 0.3) is 0 Å². The van der Waals surface area contributed by atoms with Crippen molar-refractivity contribution in [1.29, 1.82) is 0 Å². The van der Waals surface area contributed by atoms with E-state index in [4.69, 9.17) is 14.5 Å². The van der Waals surface area contributed by atoms with Crippen LogP contribution in [0.25, 0.3) is 0 Å². The number of hydrogen-bond acceptors (Lipinski definition) is 6. The molecule has 2 rings (SSSR count). The standard InChI is InChI=1S/C21H35N3O3/c1-17(26-2)16-24(15-7-10-20(25)27-3)14-5-4-9-19-12-11-18-8-6-13-22-21(18)23-19/h11-12,17H,4-10,13-16H2,1-3H3,(H,22,23)/t17-/m1/s1. The molecule has 0 aromatic carbocycles. The fourth-order valence-electron chi connectivity index (χ4n) is 3.43. The lowest BCUT2D eigenvalue weighted by molar-refractivity contribution is -0.140. The fraction of sp³-hybridized carbons (Fsp3) is 0.714. The Kier molecular flexibility index (Phi) is 9.56. The minimum atomic E-state index is -0.137. The summed E-state index contributed by atoms with van der Waals surface area (Å²) in [6.45, 7) is 5.90. The Morgan fingerprint density at radius 2 is 2.07 bits per heavy atom. The predicted molar refractivity (Wildman–Crippen MR) is 108 cm³/mol. The quantitative estimate of drug-likeness (QED) is 0.446. The molecule has 1 N–H and O–H groups in total. The molecule has 152 valence electrons. The number of esters is 1. The van der Waals surface area contributed by atoms with Crippen LogP contribution in [-0.4, -0.2) is 62.4 Å². The first-order valence-corrected chi connectivity index (χ1v) is 10.2. The normalized spacial score (nSPS) is 14.5. The number of unbranched alkanes of at least 4 members (excludes halogenated alkanes) is 1. The van der Waals surface area contributed by atoms with Crippen molar-refractivity contribution in [1.82, 2.24) is 9.88 Å². The van der Waals surface area contributed by atoms with Crippen molar-refractivity contribution in [3.8, 4) is 0 Å². The molecule has 1 aliphatic rings. The van der Waals surface area contributed by atoms with Crippen molar-refractivity contribution in [2.45, 2.75) is 58.0 Å². The van der Waals surface area contributed by atoms with Crippen molar-refractivity contribution in [3.05, 3.63) is 23.4 Å². The van der Waals surface area contributed by atoms with E-state index in [2.05, 4.69) is 29.3 Å². The third-order valence-electron chi connectivity index (χ3n) is 5.11. The van der Waals surface area contributed by atoms with E-state index in [9.17, 15) is 4.79 Å². The van der Waals surface area contributed by atoms with Crippen LogP contribution in [0.5, 0.6) is 0 Å². The van der Waals surface area contributed by atoms with Gasteiger partial charge in [0.05, 0.1) is 13.2 Å². The Morgan fingerprint density at radius 3 is 2.85 bits per heavy atom. The van der Waals surface area contributed by atoms with E-state index < -0.39 is 0 Å². The smallest absolute Gasteiger partial charge is 0.305 e. The van der Waals surface area contributed by atoms with Gasteiger partial charge in [0.1, 0.15) is 5.82 Å². The molecule has 1 aliphatic heterocycles. The highest BCUT2D eigenvalue weighted by Crippen LogP contribution is 2.20. The van der Waals surface area contributed by atoms with Crippen molar-refractivity contribution < 1.29 is 14.3 Å². The second kappa shape index (κ2) is 11.9. The lowest BCUT2D eigenvalue weighted by atomic mass is 10.1. The maximum absolute atomic E-state index is 11.3. The summed E-state index contributed by atoms with van der Waals surface area (Å²) in [5.74, 6) is 0.943. The van der Waals surface area contributed by atoms with Gasteiger partial charge in [-0.05, 0) is 70.2 Å². The largest absolute Gasteiger partial charge is 0.469 e. The van der Waals surface area contributed by atoms with E-state index in [1.807, 2.05) is 0 Å². The molecule has 0 saturated heterocycles. The van der Waals surface area contributed by atoms with Gasteiger partial charge in [-0.1, -0.05) is 6.07 Å². The molecule has 0 aliphatic carbocycles. The number of nitrogens with zero attached hydrogens (tertiary/aromatic N) is 2. The van der Waals surface area contributed by atoms with E-state index in [-0.39, 0.29) is 12.1 Å². The first kappa shape index (κ1) is 21.6. The van der Waals surface area contributed by atoms with Gasteiger partial charge in [-0.2, -0.15) is 0 Å². The summed E-state index contributed by atoms with van der Waals surface area (Å²) in [6.07, 6.45) is 7.04. The number of ether oxygens (including phenoxy) is 2. The van der Waals surface area contributed by atoms with Crippen LogP contribution in [-0.2, 0) is 27.1 Å². The van der Waals surface area contributed by atoms with Gasteiger partial charge in [0.2, 0.25) is 0 Å². The third kappa shape index (κ3) is 7.85.